The third-order valence-electron chi connectivity index (χ3n) is 6.10. The van der Waals surface area contributed by atoms with Gasteiger partial charge in [0.25, 0.3) is 5.91 Å². The highest BCUT2D eigenvalue weighted by Crippen LogP contribution is 2.45. The van der Waals surface area contributed by atoms with Crippen molar-refractivity contribution >= 4 is 5.91 Å². The van der Waals surface area contributed by atoms with E-state index in [9.17, 15) is 4.79 Å². The van der Waals surface area contributed by atoms with Gasteiger partial charge in [-0.25, -0.2) is 4.98 Å². The van der Waals surface area contributed by atoms with Gasteiger partial charge in [-0.2, -0.15) is 5.10 Å². The van der Waals surface area contributed by atoms with Gasteiger partial charge in [0.2, 0.25) is 0 Å². The second-order valence-electron chi connectivity index (χ2n) is 7.70. The highest BCUT2D eigenvalue weighted by Gasteiger charge is 2.48. The maximum absolute atomic E-state index is 12.8. The summed E-state index contributed by atoms with van der Waals surface area (Å²) >= 11 is 0. The fourth-order valence-corrected chi connectivity index (χ4v) is 4.66. The molecule has 0 unspecified atom stereocenters. The van der Waals surface area contributed by atoms with E-state index >= 15 is 0 Å². The number of rotatable bonds is 3. The first-order chi connectivity index (χ1) is 13.6. The summed E-state index contributed by atoms with van der Waals surface area (Å²) in [5.41, 5.74) is 2.58. The van der Waals surface area contributed by atoms with Crippen LogP contribution in [0.1, 0.15) is 29.2 Å². The average Bonchev–Trinajstić information content (AvgIpc) is 3.48. The van der Waals surface area contributed by atoms with Gasteiger partial charge in [0.05, 0.1) is 19.0 Å². The van der Waals surface area contributed by atoms with Gasteiger partial charge in [0, 0.05) is 43.9 Å². The van der Waals surface area contributed by atoms with Gasteiger partial charge < -0.3 is 14.2 Å². The lowest BCUT2D eigenvalue weighted by atomic mass is 9.85. The maximum atomic E-state index is 12.8. The SMILES string of the molecule is COc1ccccc1-c1cnc2n1CC[C@]21CCN(C(=O)c2ccn(C)n2)C1. The van der Waals surface area contributed by atoms with Crippen molar-refractivity contribution in [3.8, 4) is 17.0 Å². The monoisotopic (exact) mass is 377 g/mol. The number of aromatic nitrogens is 4. The highest BCUT2D eigenvalue weighted by atomic mass is 16.5. The smallest absolute Gasteiger partial charge is 0.274 e. The van der Waals surface area contributed by atoms with Crippen LogP contribution in [-0.4, -0.2) is 50.3 Å². The number of benzene rings is 1. The minimum absolute atomic E-state index is 0.00688. The van der Waals surface area contributed by atoms with Gasteiger partial charge in [0.15, 0.2) is 0 Å². The normalized spacial score (nSPS) is 20.7. The molecule has 4 heterocycles. The molecule has 3 aromatic rings. The van der Waals surface area contributed by atoms with Gasteiger partial charge >= 0.3 is 0 Å². The van der Waals surface area contributed by atoms with Crippen molar-refractivity contribution in [2.45, 2.75) is 24.8 Å². The molecule has 2 aliphatic rings. The van der Waals surface area contributed by atoms with Gasteiger partial charge in [-0.1, -0.05) is 12.1 Å². The lowest BCUT2D eigenvalue weighted by Crippen LogP contribution is -2.34. The second-order valence-corrected chi connectivity index (χ2v) is 7.70. The minimum atomic E-state index is -0.0648. The van der Waals surface area contributed by atoms with E-state index in [4.69, 9.17) is 9.72 Å². The van der Waals surface area contributed by atoms with E-state index in [-0.39, 0.29) is 11.3 Å². The molecule has 1 atom stereocenters. The van der Waals surface area contributed by atoms with Crippen LogP contribution in [0.15, 0.2) is 42.7 Å². The number of ether oxygens (including phenoxy) is 1. The lowest BCUT2D eigenvalue weighted by Gasteiger charge is -2.22. The number of methoxy groups -OCH3 is 1. The van der Waals surface area contributed by atoms with Gasteiger partial charge in [-0.3, -0.25) is 9.48 Å². The fraction of sp³-hybridized carbons (Fsp3) is 0.381. The number of hydrogen-bond acceptors (Lipinski definition) is 4. The van der Waals surface area contributed by atoms with Crippen LogP contribution < -0.4 is 4.74 Å². The van der Waals surface area contributed by atoms with E-state index < -0.39 is 0 Å². The standard InChI is InChI=1S/C21H23N5O2/c1-24-10-7-16(23-24)19(27)25-11-8-21(14-25)9-12-26-17(13-22-20(21)26)15-5-3-4-6-18(15)28-2/h3-7,10,13H,8-9,11-12,14H2,1-2H3/t21-/m0/s1. The van der Waals surface area contributed by atoms with E-state index in [2.05, 4.69) is 15.7 Å². The average molecular weight is 377 g/mol. The quantitative estimate of drug-likeness (QED) is 0.703. The summed E-state index contributed by atoms with van der Waals surface area (Å²) < 4.78 is 9.51. The van der Waals surface area contributed by atoms with Crippen LogP contribution in [0, 0.1) is 0 Å². The largest absolute Gasteiger partial charge is 0.496 e. The van der Waals surface area contributed by atoms with E-state index in [1.54, 1.807) is 24.1 Å². The molecule has 1 saturated heterocycles. The molecule has 0 bridgehead atoms. The summed E-state index contributed by atoms with van der Waals surface area (Å²) in [6.07, 6.45) is 5.69. The maximum Gasteiger partial charge on any atom is 0.274 e. The number of nitrogens with zero attached hydrogens (tertiary/aromatic N) is 5. The first kappa shape index (κ1) is 17.0. The molecule has 5 rings (SSSR count). The van der Waals surface area contributed by atoms with Crippen molar-refractivity contribution in [2.75, 3.05) is 20.2 Å². The predicted molar refractivity (Wildman–Crippen MR) is 104 cm³/mol. The van der Waals surface area contributed by atoms with Crippen molar-refractivity contribution in [1.82, 2.24) is 24.2 Å². The van der Waals surface area contributed by atoms with E-state index in [1.807, 2.05) is 36.3 Å². The van der Waals surface area contributed by atoms with Crippen molar-refractivity contribution < 1.29 is 9.53 Å². The van der Waals surface area contributed by atoms with Crippen LogP contribution in [0.3, 0.4) is 0 Å². The molecule has 1 spiro atoms. The Morgan fingerprint density at radius 2 is 2.00 bits per heavy atom. The molecule has 1 fully saturated rings. The predicted octanol–water partition coefficient (Wildman–Crippen LogP) is 2.48. The molecule has 2 aliphatic heterocycles. The Hall–Kier alpha value is -3.09. The topological polar surface area (TPSA) is 65.2 Å². The Bertz CT molecular complexity index is 1050. The van der Waals surface area contributed by atoms with E-state index in [0.717, 1.165) is 48.8 Å². The van der Waals surface area contributed by atoms with E-state index in [0.29, 0.717) is 12.2 Å². The van der Waals surface area contributed by atoms with Crippen molar-refractivity contribution in [1.29, 1.82) is 0 Å². The number of hydrogen-bond donors (Lipinski definition) is 0. The third-order valence-corrected chi connectivity index (χ3v) is 6.10. The van der Waals surface area contributed by atoms with E-state index in [1.165, 1.54) is 0 Å². The van der Waals surface area contributed by atoms with Gasteiger partial charge in [0.1, 0.15) is 17.3 Å². The van der Waals surface area contributed by atoms with Crippen LogP contribution in [0.2, 0.25) is 0 Å². The molecule has 0 saturated carbocycles. The number of aryl methyl sites for hydroxylation is 1. The Labute approximate surface area is 163 Å². The number of fused-ring (bicyclic) bond motifs is 2. The number of carbonyl (C=O) groups is 1. The molecular weight excluding hydrogens is 354 g/mol. The number of imidazole rings is 1. The molecule has 0 aliphatic carbocycles. The summed E-state index contributed by atoms with van der Waals surface area (Å²) in [6, 6.07) is 9.82. The first-order valence-electron chi connectivity index (χ1n) is 9.60. The number of para-hydroxylation sites is 1. The van der Waals surface area contributed by atoms with Crippen LogP contribution in [0.4, 0.5) is 0 Å². The minimum Gasteiger partial charge on any atom is -0.496 e. The second kappa shape index (κ2) is 6.22. The summed E-state index contributed by atoms with van der Waals surface area (Å²) in [5, 5.41) is 4.27. The zero-order chi connectivity index (χ0) is 19.3. The Morgan fingerprint density at radius 1 is 1.18 bits per heavy atom. The zero-order valence-corrected chi connectivity index (χ0v) is 16.1. The van der Waals surface area contributed by atoms with Crippen molar-refractivity contribution in [2.24, 2.45) is 7.05 Å². The van der Waals surface area contributed by atoms with Crippen LogP contribution >= 0.6 is 0 Å². The number of likely N-dealkylation sites (tertiary alicyclic amines) is 1. The fourth-order valence-electron chi connectivity index (χ4n) is 4.66. The lowest BCUT2D eigenvalue weighted by molar-refractivity contribution is 0.0776. The summed E-state index contributed by atoms with van der Waals surface area (Å²) in [6.45, 7) is 2.35. The molecule has 0 N–H and O–H groups in total. The van der Waals surface area contributed by atoms with Crippen LogP contribution in [0.25, 0.3) is 11.3 Å². The highest BCUT2D eigenvalue weighted by molar-refractivity contribution is 5.92. The molecule has 1 amide bonds. The van der Waals surface area contributed by atoms with Crippen molar-refractivity contribution in [3.63, 3.8) is 0 Å². The third kappa shape index (κ3) is 2.46. The zero-order valence-electron chi connectivity index (χ0n) is 16.1. The molecule has 0 radical (unpaired) electrons. The molecular formula is C21H23N5O2. The van der Waals surface area contributed by atoms with Crippen LogP contribution in [0.5, 0.6) is 5.75 Å². The molecule has 2 aromatic heterocycles. The first-order valence-corrected chi connectivity index (χ1v) is 9.60. The van der Waals surface area contributed by atoms with Gasteiger partial charge in [-0.05, 0) is 31.0 Å². The molecule has 7 nitrogen and oxygen atoms in total. The van der Waals surface area contributed by atoms with Gasteiger partial charge in [-0.15, -0.1) is 0 Å². The molecule has 7 heteroatoms. The summed E-state index contributed by atoms with van der Waals surface area (Å²) in [4.78, 5) is 19.6. The summed E-state index contributed by atoms with van der Waals surface area (Å²) in [7, 11) is 3.52. The summed E-state index contributed by atoms with van der Waals surface area (Å²) in [5.74, 6) is 1.95. The molecule has 144 valence electrons. The number of amides is 1. The Morgan fingerprint density at radius 3 is 2.79 bits per heavy atom. The van der Waals surface area contributed by atoms with Crippen molar-refractivity contribution in [3.05, 3.63) is 54.2 Å². The number of carbonyl (C=O) groups excluding carboxylic acids is 1. The van der Waals surface area contributed by atoms with Crippen LogP contribution in [-0.2, 0) is 19.0 Å². The Kier molecular flexibility index (Phi) is 3.79. The molecule has 28 heavy (non-hydrogen) atoms. The molecule has 1 aromatic carbocycles. The Balaban J connectivity index is 1.45.